The van der Waals surface area contributed by atoms with Crippen LogP contribution in [0.5, 0.6) is 11.5 Å². The first-order chi connectivity index (χ1) is 13.0. The van der Waals surface area contributed by atoms with Gasteiger partial charge < -0.3 is 9.47 Å². The van der Waals surface area contributed by atoms with Crippen molar-refractivity contribution in [2.45, 2.75) is 11.4 Å². The van der Waals surface area contributed by atoms with Gasteiger partial charge in [-0.15, -0.1) is 0 Å². The van der Waals surface area contributed by atoms with Crippen LogP contribution in [0.3, 0.4) is 0 Å². The summed E-state index contributed by atoms with van der Waals surface area (Å²) in [6.07, 6.45) is 0. The summed E-state index contributed by atoms with van der Waals surface area (Å²) in [7, 11) is -0.523. The van der Waals surface area contributed by atoms with Gasteiger partial charge in [-0.1, -0.05) is 42.5 Å². The first-order valence-corrected chi connectivity index (χ1v) is 9.87. The van der Waals surface area contributed by atoms with Crippen molar-refractivity contribution in [3.05, 3.63) is 78.4 Å². The molecule has 1 N–H and O–H groups in total. The number of nitrogens with one attached hydrogen (secondary N) is 1. The topological polar surface area (TPSA) is 64.6 Å². The van der Waals surface area contributed by atoms with E-state index >= 15 is 0 Å². The van der Waals surface area contributed by atoms with Gasteiger partial charge >= 0.3 is 0 Å². The fourth-order valence-electron chi connectivity index (χ4n) is 2.69. The molecule has 0 radical (unpaired) electrons. The van der Waals surface area contributed by atoms with Crippen LogP contribution in [0.2, 0.25) is 0 Å². The minimum Gasteiger partial charge on any atom is -0.497 e. The Hall–Kier alpha value is -2.83. The molecule has 3 aromatic rings. The van der Waals surface area contributed by atoms with Crippen LogP contribution < -0.4 is 14.2 Å². The van der Waals surface area contributed by atoms with Gasteiger partial charge in [-0.05, 0) is 41.0 Å². The van der Waals surface area contributed by atoms with E-state index in [2.05, 4.69) is 4.72 Å². The van der Waals surface area contributed by atoms with Crippen molar-refractivity contribution in [2.75, 3.05) is 14.2 Å². The van der Waals surface area contributed by atoms with E-state index in [0.29, 0.717) is 11.5 Å². The minimum atomic E-state index is -3.63. The minimum absolute atomic E-state index is 0.135. The van der Waals surface area contributed by atoms with Crippen LogP contribution >= 0.6 is 0 Å². The third kappa shape index (κ3) is 4.67. The number of hydrogen-bond acceptors (Lipinski definition) is 4. The molecule has 0 amide bonds. The summed E-state index contributed by atoms with van der Waals surface area (Å²) in [5, 5.41) is 0. The fraction of sp³-hybridized carbons (Fsp3) is 0.143. The quantitative estimate of drug-likeness (QED) is 0.673. The summed E-state index contributed by atoms with van der Waals surface area (Å²) in [4.78, 5) is 0.219. The lowest BCUT2D eigenvalue weighted by molar-refractivity contribution is 0.393. The molecule has 27 heavy (non-hydrogen) atoms. The molecular formula is C21H21NO4S. The van der Waals surface area contributed by atoms with Crippen molar-refractivity contribution >= 4 is 10.0 Å². The zero-order chi connectivity index (χ0) is 19.3. The molecule has 0 aromatic heterocycles. The van der Waals surface area contributed by atoms with E-state index in [1.54, 1.807) is 56.7 Å². The molecule has 0 aliphatic heterocycles. The van der Waals surface area contributed by atoms with Gasteiger partial charge in [-0.2, -0.15) is 0 Å². The standard InChI is InChI=1S/C21H21NO4S/c1-25-19-12-16(13-20(14-19)26-2)15-22-27(23,24)21-10-8-18(9-11-21)17-6-4-3-5-7-17/h3-14,22H,15H2,1-2H3. The summed E-state index contributed by atoms with van der Waals surface area (Å²) in [6.45, 7) is 0.135. The van der Waals surface area contributed by atoms with Crippen LogP contribution in [0.25, 0.3) is 11.1 Å². The van der Waals surface area contributed by atoms with Crippen molar-refractivity contribution < 1.29 is 17.9 Å². The van der Waals surface area contributed by atoms with Gasteiger partial charge in [-0.25, -0.2) is 13.1 Å². The van der Waals surface area contributed by atoms with Crippen molar-refractivity contribution in [3.8, 4) is 22.6 Å². The number of hydrogen-bond donors (Lipinski definition) is 1. The molecule has 0 saturated carbocycles. The SMILES string of the molecule is COc1cc(CNS(=O)(=O)c2ccc(-c3ccccc3)cc2)cc(OC)c1. The van der Waals surface area contributed by atoms with Crippen LogP contribution in [0, 0.1) is 0 Å². The largest absolute Gasteiger partial charge is 0.497 e. The van der Waals surface area contributed by atoms with Gasteiger partial charge in [0.05, 0.1) is 19.1 Å². The van der Waals surface area contributed by atoms with Crippen molar-refractivity contribution in [1.82, 2.24) is 4.72 Å². The van der Waals surface area contributed by atoms with Crippen molar-refractivity contribution in [2.24, 2.45) is 0 Å². The maximum absolute atomic E-state index is 12.6. The van der Waals surface area contributed by atoms with E-state index in [-0.39, 0.29) is 11.4 Å². The normalized spacial score (nSPS) is 11.2. The maximum Gasteiger partial charge on any atom is 0.240 e. The maximum atomic E-state index is 12.6. The number of benzene rings is 3. The highest BCUT2D eigenvalue weighted by molar-refractivity contribution is 7.89. The van der Waals surface area contributed by atoms with Gasteiger partial charge in [0.25, 0.3) is 0 Å². The highest BCUT2D eigenvalue weighted by atomic mass is 32.2. The second-order valence-corrected chi connectivity index (χ2v) is 7.70. The Morgan fingerprint density at radius 1 is 0.778 bits per heavy atom. The molecule has 0 atom stereocenters. The summed E-state index contributed by atoms with van der Waals surface area (Å²) in [5.41, 5.74) is 2.75. The highest BCUT2D eigenvalue weighted by Crippen LogP contribution is 2.24. The zero-order valence-electron chi connectivity index (χ0n) is 15.2. The molecule has 3 aromatic carbocycles. The smallest absolute Gasteiger partial charge is 0.240 e. The fourth-order valence-corrected chi connectivity index (χ4v) is 3.70. The van der Waals surface area contributed by atoms with E-state index in [9.17, 15) is 8.42 Å². The lowest BCUT2D eigenvalue weighted by atomic mass is 10.1. The lowest BCUT2D eigenvalue weighted by Crippen LogP contribution is -2.23. The van der Waals surface area contributed by atoms with Gasteiger partial charge in [0.15, 0.2) is 0 Å². The average molecular weight is 383 g/mol. The van der Waals surface area contributed by atoms with Crippen LogP contribution in [-0.2, 0) is 16.6 Å². The third-order valence-corrected chi connectivity index (χ3v) is 5.57. The first kappa shape index (κ1) is 18.9. The van der Waals surface area contributed by atoms with E-state index in [1.807, 2.05) is 30.3 Å². The molecule has 0 bridgehead atoms. The predicted molar refractivity (Wildman–Crippen MR) is 105 cm³/mol. The predicted octanol–water partition coefficient (Wildman–Crippen LogP) is 3.85. The Morgan fingerprint density at radius 2 is 1.33 bits per heavy atom. The van der Waals surface area contributed by atoms with E-state index in [0.717, 1.165) is 16.7 Å². The van der Waals surface area contributed by atoms with Gasteiger partial charge in [-0.3, -0.25) is 0 Å². The second kappa shape index (κ2) is 8.24. The number of methoxy groups -OCH3 is 2. The molecule has 0 unspecified atom stereocenters. The molecule has 0 aliphatic carbocycles. The Bertz CT molecular complexity index is 978. The first-order valence-electron chi connectivity index (χ1n) is 8.39. The summed E-state index contributed by atoms with van der Waals surface area (Å²) in [5.74, 6) is 1.21. The van der Waals surface area contributed by atoms with E-state index in [4.69, 9.17) is 9.47 Å². The van der Waals surface area contributed by atoms with Crippen LogP contribution in [0.15, 0.2) is 77.7 Å². The van der Waals surface area contributed by atoms with Crippen LogP contribution in [0.4, 0.5) is 0 Å². The number of rotatable bonds is 7. The Kier molecular flexibility index (Phi) is 5.78. The molecule has 5 nitrogen and oxygen atoms in total. The van der Waals surface area contributed by atoms with Crippen LogP contribution in [-0.4, -0.2) is 22.6 Å². The monoisotopic (exact) mass is 383 g/mol. The Labute approximate surface area is 159 Å². The molecular weight excluding hydrogens is 362 g/mol. The molecule has 0 spiro atoms. The second-order valence-electron chi connectivity index (χ2n) is 5.94. The van der Waals surface area contributed by atoms with Gasteiger partial charge in [0, 0.05) is 12.6 Å². The summed E-state index contributed by atoms with van der Waals surface area (Å²) < 4.78 is 38.2. The molecule has 0 saturated heterocycles. The van der Waals surface area contributed by atoms with Crippen molar-refractivity contribution in [1.29, 1.82) is 0 Å². The Balaban J connectivity index is 1.75. The molecule has 140 valence electrons. The third-order valence-electron chi connectivity index (χ3n) is 4.15. The lowest BCUT2D eigenvalue weighted by Gasteiger charge is -2.11. The molecule has 6 heteroatoms. The average Bonchev–Trinajstić information content (AvgIpc) is 2.72. The molecule has 3 rings (SSSR count). The van der Waals surface area contributed by atoms with Crippen LogP contribution in [0.1, 0.15) is 5.56 Å². The molecule has 0 fully saturated rings. The van der Waals surface area contributed by atoms with Crippen molar-refractivity contribution in [3.63, 3.8) is 0 Å². The van der Waals surface area contributed by atoms with E-state index < -0.39 is 10.0 Å². The van der Waals surface area contributed by atoms with Gasteiger partial charge in [0.2, 0.25) is 10.0 Å². The molecule has 0 heterocycles. The summed E-state index contributed by atoms with van der Waals surface area (Å²) in [6, 6.07) is 21.9. The molecule has 0 aliphatic rings. The summed E-state index contributed by atoms with van der Waals surface area (Å²) >= 11 is 0. The highest BCUT2D eigenvalue weighted by Gasteiger charge is 2.14. The van der Waals surface area contributed by atoms with Gasteiger partial charge in [0.1, 0.15) is 11.5 Å². The van der Waals surface area contributed by atoms with E-state index in [1.165, 1.54) is 0 Å². The Morgan fingerprint density at radius 3 is 1.89 bits per heavy atom. The number of sulfonamides is 1. The zero-order valence-corrected chi connectivity index (χ0v) is 16.0. The number of ether oxygens (including phenoxy) is 2.